The third-order valence-electron chi connectivity index (χ3n) is 7.68. The molecule has 0 unspecified atom stereocenters. The van der Waals surface area contributed by atoms with E-state index in [0.29, 0.717) is 22.5 Å². The van der Waals surface area contributed by atoms with E-state index >= 15 is 0 Å². The summed E-state index contributed by atoms with van der Waals surface area (Å²) in [7, 11) is 0. The van der Waals surface area contributed by atoms with Gasteiger partial charge in [0.15, 0.2) is 0 Å². The Hall–Kier alpha value is -3.05. The molecule has 0 saturated carbocycles. The number of likely N-dealkylation sites (tertiary alicyclic amines) is 1. The number of aromatic nitrogens is 1. The van der Waals surface area contributed by atoms with Crippen LogP contribution >= 0.6 is 23.2 Å². The highest BCUT2D eigenvalue weighted by molar-refractivity contribution is 6.42. The Morgan fingerprint density at radius 1 is 0.949 bits per heavy atom. The van der Waals surface area contributed by atoms with Crippen molar-refractivity contribution in [2.75, 3.05) is 26.2 Å². The fourth-order valence-corrected chi connectivity index (χ4v) is 5.84. The van der Waals surface area contributed by atoms with Crippen LogP contribution in [0.15, 0.2) is 79.0 Å². The molecule has 1 amide bonds. The highest BCUT2D eigenvalue weighted by Crippen LogP contribution is 2.36. The van der Waals surface area contributed by atoms with Gasteiger partial charge in [-0.1, -0.05) is 84.2 Å². The number of nitrogens with one attached hydrogen (secondary N) is 2. The monoisotopic (exact) mass is 559 g/mol. The van der Waals surface area contributed by atoms with Gasteiger partial charge in [0, 0.05) is 29.8 Å². The van der Waals surface area contributed by atoms with Crippen LogP contribution in [0.2, 0.25) is 10.0 Å². The van der Waals surface area contributed by atoms with E-state index in [0.717, 1.165) is 44.5 Å². The fourth-order valence-electron chi connectivity index (χ4n) is 5.54. The van der Waals surface area contributed by atoms with E-state index in [1.54, 1.807) is 24.3 Å². The van der Waals surface area contributed by atoms with Crippen molar-refractivity contribution in [1.29, 1.82) is 0 Å². The minimum atomic E-state index is -0.0867. The first kappa shape index (κ1) is 27.5. The Bertz CT molecular complexity index is 1420. The topological polar surface area (TPSA) is 48.1 Å². The summed E-state index contributed by atoms with van der Waals surface area (Å²) in [5.41, 5.74) is 6.09. The first-order valence-electron chi connectivity index (χ1n) is 13.9. The number of carbonyl (C=O) groups is 1. The van der Waals surface area contributed by atoms with Gasteiger partial charge in [0.05, 0.1) is 15.6 Å². The molecule has 202 valence electrons. The highest BCUT2D eigenvalue weighted by Gasteiger charge is 2.23. The van der Waals surface area contributed by atoms with Crippen LogP contribution in [-0.4, -0.2) is 42.0 Å². The van der Waals surface area contributed by atoms with Crippen molar-refractivity contribution in [2.45, 2.75) is 38.0 Å². The van der Waals surface area contributed by atoms with Gasteiger partial charge in [0.2, 0.25) is 5.91 Å². The lowest BCUT2D eigenvalue weighted by molar-refractivity contribution is -0.116. The number of carbonyl (C=O) groups excluding carboxylic acids is 1. The van der Waals surface area contributed by atoms with Crippen LogP contribution in [0.3, 0.4) is 0 Å². The second-order valence-electron chi connectivity index (χ2n) is 10.3. The largest absolute Gasteiger partial charge is 0.360 e. The average molecular weight is 561 g/mol. The van der Waals surface area contributed by atoms with Crippen LogP contribution < -0.4 is 5.32 Å². The summed E-state index contributed by atoms with van der Waals surface area (Å²) >= 11 is 12.0. The van der Waals surface area contributed by atoms with E-state index in [1.165, 1.54) is 40.4 Å². The molecule has 3 aromatic carbocycles. The molecule has 2 heterocycles. The molecular weight excluding hydrogens is 525 g/mol. The van der Waals surface area contributed by atoms with E-state index in [-0.39, 0.29) is 5.91 Å². The lowest BCUT2D eigenvalue weighted by Gasteiger charge is -2.32. The second-order valence-corrected chi connectivity index (χ2v) is 11.1. The zero-order valence-corrected chi connectivity index (χ0v) is 23.6. The number of hydrogen-bond donors (Lipinski definition) is 2. The van der Waals surface area contributed by atoms with Gasteiger partial charge in [0.25, 0.3) is 0 Å². The van der Waals surface area contributed by atoms with Gasteiger partial charge < -0.3 is 15.2 Å². The van der Waals surface area contributed by atoms with Crippen LogP contribution in [0.5, 0.6) is 0 Å². The maximum absolute atomic E-state index is 12.1. The maximum atomic E-state index is 12.1. The third-order valence-corrected chi connectivity index (χ3v) is 8.42. The number of H-pyrrole nitrogens is 1. The number of piperidine rings is 1. The molecule has 4 nitrogen and oxygen atoms in total. The van der Waals surface area contributed by atoms with Crippen molar-refractivity contribution in [3.8, 4) is 11.1 Å². The molecule has 2 N–H and O–H groups in total. The van der Waals surface area contributed by atoms with Gasteiger partial charge in [-0.05, 0) is 86.1 Å². The minimum Gasteiger partial charge on any atom is -0.360 e. The zero-order valence-electron chi connectivity index (χ0n) is 22.1. The zero-order chi connectivity index (χ0) is 27.0. The van der Waals surface area contributed by atoms with Crippen LogP contribution in [0.4, 0.5) is 0 Å². The Morgan fingerprint density at radius 3 is 2.56 bits per heavy atom. The molecule has 0 spiro atoms. The molecule has 0 aliphatic carbocycles. The summed E-state index contributed by atoms with van der Waals surface area (Å²) in [6.07, 6.45) is 11.2. The molecule has 5 rings (SSSR count). The Kier molecular flexibility index (Phi) is 9.41. The van der Waals surface area contributed by atoms with Gasteiger partial charge >= 0.3 is 0 Å². The first-order chi connectivity index (χ1) is 19.1. The van der Waals surface area contributed by atoms with Crippen LogP contribution in [0, 0.1) is 0 Å². The number of amides is 1. The number of aromatic amines is 1. The molecule has 0 atom stereocenters. The molecule has 39 heavy (non-hydrogen) atoms. The number of benzene rings is 3. The summed E-state index contributed by atoms with van der Waals surface area (Å²) in [5.74, 6) is 0.518. The SMILES string of the molecule is O=C(/C=C/c1ccc(Cl)c(Cl)c1)NCCCCCN1CCC(c2c[nH]c3c(-c4ccccc4)cccc23)CC1. The smallest absolute Gasteiger partial charge is 0.243 e. The van der Waals surface area contributed by atoms with Crippen molar-refractivity contribution < 1.29 is 4.79 Å². The fraction of sp³-hybridized carbons (Fsp3) is 0.303. The number of hydrogen-bond acceptors (Lipinski definition) is 2. The quantitative estimate of drug-likeness (QED) is 0.151. The van der Waals surface area contributed by atoms with Gasteiger partial charge in [-0.15, -0.1) is 0 Å². The predicted molar refractivity (Wildman–Crippen MR) is 165 cm³/mol. The van der Waals surface area contributed by atoms with Crippen molar-refractivity contribution in [1.82, 2.24) is 15.2 Å². The van der Waals surface area contributed by atoms with E-state index in [9.17, 15) is 4.79 Å². The van der Waals surface area contributed by atoms with Gasteiger partial charge in [-0.25, -0.2) is 0 Å². The number of para-hydroxylation sites is 1. The first-order valence-corrected chi connectivity index (χ1v) is 14.6. The van der Waals surface area contributed by atoms with Crippen LogP contribution in [-0.2, 0) is 4.79 Å². The lowest BCUT2D eigenvalue weighted by atomic mass is 9.88. The normalized spacial score (nSPS) is 14.8. The molecular formula is C33H35Cl2N3O. The Labute approximate surface area is 241 Å². The Balaban J connectivity index is 1.01. The van der Waals surface area contributed by atoms with Crippen LogP contribution in [0.25, 0.3) is 28.1 Å². The number of rotatable bonds is 10. The highest BCUT2D eigenvalue weighted by atomic mass is 35.5. The standard InChI is InChI=1S/C33H35Cl2N3O/c34-30-14-12-24(22-31(30)35)13-15-32(39)36-18-5-2-6-19-38-20-16-26(17-21-38)29-23-37-33-27(10-7-11-28(29)33)25-8-3-1-4-9-25/h1,3-4,7-15,22-23,26,37H,2,5-6,16-21H2,(H,36,39)/b15-13+. The van der Waals surface area contributed by atoms with Crippen molar-refractivity contribution in [3.05, 3.63) is 100 Å². The number of fused-ring (bicyclic) bond motifs is 1. The molecule has 4 aromatic rings. The van der Waals surface area contributed by atoms with Crippen LogP contribution in [0.1, 0.15) is 49.1 Å². The van der Waals surface area contributed by atoms with E-state index in [2.05, 4.69) is 69.9 Å². The summed E-state index contributed by atoms with van der Waals surface area (Å²) in [6.45, 7) is 4.11. The molecule has 1 aliphatic rings. The third kappa shape index (κ3) is 7.13. The van der Waals surface area contributed by atoms with E-state index in [1.807, 2.05) is 6.07 Å². The number of halogens is 2. The Morgan fingerprint density at radius 2 is 1.77 bits per heavy atom. The molecule has 1 fully saturated rings. The second kappa shape index (κ2) is 13.3. The van der Waals surface area contributed by atoms with Gasteiger partial charge in [-0.3, -0.25) is 4.79 Å². The molecule has 1 saturated heterocycles. The number of unbranched alkanes of at least 4 members (excludes halogenated alkanes) is 2. The van der Waals surface area contributed by atoms with Gasteiger partial charge in [-0.2, -0.15) is 0 Å². The van der Waals surface area contributed by atoms with Crippen molar-refractivity contribution in [2.24, 2.45) is 0 Å². The molecule has 1 aromatic heterocycles. The summed E-state index contributed by atoms with van der Waals surface area (Å²) in [6, 6.07) is 22.6. The minimum absolute atomic E-state index is 0.0867. The molecule has 1 aliphatic heterocycles. The van der Waals surface area contributed by atoms with E-state index in [4.69, 9.17) is 23.2 Å². The number of nitrogens with zero attached hydrogens (tertiary/aromatic N) is 1. The van der Waals surface area contributed by atoms with Crippen molar-refractivity contribution in [3.63, 3.8) is 0 Å². The van der Waals surface area contributed by atoms with Gasteiger partial charge in [0.1, 0.15) is 0 Å². The average Bonchev–Trinajstić information content (AvgIpc) is 3.41. The lowest BCUT2D eigenvalue weighted by Crippen LogP contribution is -2.33. The summed E-state index contributed by atoms with van der Waals surface area (Å²) in [4.78, 5) is 18.3. The summed E-state index contributed by atoms with van der Waals surface area (Å²) < 4.78 is 0. The van der Waals surface area contributed by atoms with E-state index < -0.39 is 0 Å². The predicted octanol–water partition coefficient (Wildman–Crippen LogP) is 8.32. The van der Waals surface area contributed by atoms with Crippen molar-refractivity contribution >= 4 is 46.1 Å². The molecule has 0 bridgehead atoms. The maximum Gasteiger partial charge on any atom is 0.243 e. The molecule has 6 heteroatoms. The summed E-state index contributed by atoms with van der Waals surface area (Å²) in [5, 5.41) is 5.32. The molecule has 0 radical (unpaired) electrons.